The van der Waals surface area contributed by atoms with Crippen LogP contribution in [0, 0.1) is 0 Å². The van der Waals surface area contributed by atoms with Gasteiger partial charge in [-0.05, 0) is 37.3 Å². The average Bonchev–Trinajstić information content (AvgIpc) is 2.53. The lowest BCUT2D eigenvalue weighted by Crippen LogP contribution is -2.34. The van der Waals surface area contributed by atoms with E-state index < -0.39 is 0 Å². The first-order valence-electron chi connectivity index (χ1n) is 4.31. The summed E-state index contributed by atoms with van der Waals surface area (Å²) < 4.78 is 5.60. The molecule has 13 heavy (non-hydrogen) atoms. The fourth-order valence-corrected chi connectivity index (χ4v) is 1.85. The highest BCUT2D eigenvalue weighted by Crippen LogP contribution is 2.22. The molecular weight excluding hydrogens is 188 g/mol. The van der Waals surface area contributed by atoms with Gasteiger partial charge in [0, 0.05) is 0 Å². The summed E-state index contributed by atoms with van der Waals surface area (Å²) in [7, 11) is 0. The number of rotatable bonds is 2. The molecule has 0 bridgehead atoms. The number of hydrogen-bond donors (Lipinski definition) is 2. The summed E-state index contributed by atoms with van der Waals surface area (Å²) in [4.78, 5) is 0. The Labute approximate surface area is 80.3 Å². The van der Waals surface area contributed by atoms with Gasteiger partial charge < -0.3 is 15.8 Å². The molecule has 0 saturated carbocycles. The summed E-state index contributed by atoms with van der Waals surface area (Å²) in [6.45, 7) is 2.03. The molecule has 3 N–H and O–H groups in total. The topological polar surface area (TPSA) is 73.1 Å². The Morgan fingerprint density at radius 3 is 2.77 bits per heavy atom. The van der Waals surface area contributed by atoms with Crippen molar-refractivity contribution < 1.29 is 4.74 Å². The molecule has 1 aliphatic heterocycles. The van der Waals surface area contributed by atoms with E-state index in [1.54, 1.807) is 0 Å². The first-order chi connectivity index (χ1) is 6.34. The van der Waals surface area contributed by atoms with Gasteiger partial charge in [-0.15, -0.1) is 5.10 Å². The molecule has 1 aromatic rings. The first kappa shape index (κ1) is 8.71. The first-order valence-corrected chi connectivity index (χ1v) is 5.12. The molecule has 0 unspecified atom stereocenters. The van der Waals surface area contributed by atoms with Crippen molar-refractivity contribution in [2.24, 2.45) is 0 Å². The Morgan fingerprint density at radius 2 is 2.15 bits per heavy atom. The minimum atomic E-state index is 0.272. The van der Waals surface area contributed by atoms with Crippen LogP contribution in [0.5, 0.6) is 5.19 Å². The SMILES string of the molecule is Nc1nnc(OC2CCNCC2)s1. The molecule has 1 saturated heterocycles. The Kier molecular flexibility index (Phi) is 2.60. The Bertz CT molecular complexity index is 271. The van der Waals surface area contributed by atoms with Gasteiger partial charge in [0.1, 0.15) is 6.10 Å². The van der Waals surface area contributed by atoms with Gasteiger partial charge in [-0.1, -0.05) is 5.10 Å². The van der Waals surface area contributed by atoms with Gasteiger partial charge in [0.25, 0.3) is 5.19 Å². The summed E-state index contributed by atoms with van der Waals surface area (Å²) in [5.74, 6) is 0. The number of ether oxygens (including phenoxy) is 1. The largest absolute Gasteiger partial charge is 0.465 e. The van der Waals surface area contributed by atoms with E-state index in [1.165, 1.54) is 11.3 Å². The summed E-state index contributed by atoms with van der Waals surface area (Å²) >= 11 is 1.29. The quantitative estimate of drug-likeness (QED) is 0.716. The normalized spacial score (nSPS) is 18.8. The molecule has 72 valence electrons. The fraction of sp³-hybridized carbons (Fsp3) is 0.714. The van der Waals surface area contributed by atoms with E-state index >= 15 is 0 Å². The third kappa shape index (κ3) is 2.28. The summed E-state index contributed by atoms with van der Waals surface area (Å²) in [5.41, 5.74) is 5.44. The van der Waals surface area contributed by atoms with Crippen LogP contribution in [0.4, 0.5) is 5.13 Å². The van der Waals surface area contributed by atoms with Crippen molar-refractivity contribution in [3.8, 4) is 5.19 Å². The van der Waals surface area contributed by atoms with Gasteiger partial charge in [-0.3, -0.25) is 0 Å². The highest BCUT2D eigenvalue weighted by Gasteiger charge is 2.16. The number of piperidine rings is 1. The zero-order chi connectivity index (χ0) is 9.10. The van der Waals surface area contributed by atoms with Crippen LogP contribution in [0.15, 0.2) is 0 Å². The number of nitrogens with zero attached hydrogens (tertiary/aromatic N) is 2. The van der Waals surface area contributed by atoms with Crippen LogP contribution in [0.25, 0.3) is 0 Å². The van der Waals surface area contributed by atoms with Crippen LogP contribution in [0.3, 0.4) is 0 Å². The molecule has 2 rings (SSSR count). The van der Waals surface area contributed by atoms with E-state index in [4.69, 9.17) is 10.5 Å². The standard InChI is InChI=1S/C7H12N4OS/c8-6-10-11-7(13-6)12-5-1-3-9-4-2-5/h5,9H,1-4H2,(H2,8,10). The number of nitrogens with one attached hydrogen (secondary N) is 1. The minimum absolute atomic E-state index is 0.272. The van der Waals surface area contributed by atoms with Crippen molar-refractivity contribution in [3.63, 3.8) is 0 Å². The molecule has 1 aliphatic rings. The van der Waals surface area contributed by atoms with Gasteiger partial charge in [-0.2, -0.15) is 0 Å². The Balaban J connectivity index is 1.89. The van der Waals surface area contributed by atoms with Crippen LogP contribution in [-0.4, -0.2) is 29.4 Å². The molecule has 0 atom stereocenters. The number of aromatic nitrogens is 2. The van der Waals surface area contributed by atoms with Crippen molar-refractivity contribution in [1.82, 2.24) is 15.5 Å². The Morgan fingerprint density at radius 1 is 1.38 bits per heavy atom. The lowest BCUT2D eigenvalue weighted by atomic mass is 10.1. The van der Waals surface area contributed by atoms with Crippen LogP contribution in [0.2, 0.25) is 0 Å². The molecule has 0 aliphatic carbocycles. The van der Waals surface area contributed by atoms with E-state index in [2.05, 4.69) is 15.5 Å². The third-order valence-corrected chi connectivity index (χ3v) is 2.62. The highest BCUT2D eigenvalue weighted by atomic mass is 32.1. The van der Waals surface area contributed by atoms with Crippen LogP contribution in [-0.2, 0) is 0 Å². The van der Waals surface area contributed by atoms with E-state index in [9.17, 15) is 0 Å². The van der Waals surface area contributed by atoms with Gasteiger partial charge in [0.05, 0.1) is 0 Å². The summed E-state index contributed by atoms with van der Waals surface area (Å²) in [5, 5.41) is 11.8. The number of nitrogens with two attached hydrogens (primary N) is 1. The molecule has 0 amide bonds. The smallest absolute Gasteiger partial charge is 0.296 e. The van der Waals surface area contributed by atoms with Crippen molar-refractivity contribution in [3.05, 3.63) is 0 Å². The van der Waals surface area contributed by atoms with E-state index in [-0.39, 0.29) is 6.10 Å². The monoisotopic (exact) mass is 200 g/mol. The lowest BCUT2D eigenvalue weighted by Gasteiger charge is -2.21. The Hall–Kier alpha value is -0.880. The summed E-state index contributed by atoms with van der Waals surface area (Å²) in [6.07, 6.45) is 2.33. The van der Waals surface area contributed by atoms with Crippen molar-refractivity contribution in [1.29, 1.82) is 0 Å². The molecule has 1 fully saturated rings. The fourth-order valence-electron chi connectivity index (χ4n) is 1.32. The van der Waals surface area contributed by atoms with Crippen LogP contribution >= 0.6 is 11.3 Å². The van der Waals surface area contributed by atoms with Crippen molar-refractivity contribution in [2.45, 2.75) is 18.9 Å². The molecule has 0 spiro atoms. The molecule has 0 aromatic carbocycles. The maximum Gasteiger partial charge on any atom is 0.296 e. The molecule has 6 heteroatoms. The van der Waals surface area contributed by atoms with E-state index in [1.807, 2.05) is 0 Å². The number of anilines is 1. The van der Waals surface area contributed by atoms with Crippen molar-refractivity contribution >= 4 is 16.5 Å². The van der Waals surface area contributed by atoms with Gasteiger partial charge in [0.2, 0.25) is 5.13 Å². The van der Waals surface area contributed by atoms with Gasteiger partial charge >= 0.3 is 0 Å². The predicted molar refractivity (Wildman–Crippen MR) is 50.8 cm³/mol. The second-order valence-electron chi connectivity index (χ2n) is 2.97. The van der Waals surface area contributed by atoms with Gasteiger partial charge in [0.15, 0.2) is 0 Å². The van der Waals surface area contributed by atoms with Crippen molar-refractivity contribution in [2.75, 3.05) is 18.8 Å². The van der Waals surface area contributed by atoms with E-state index in [0.29, 0.717) is 10.3 Å². The van der Waals surface area contributed by atoms with Crippen LogP contribution < -0.4 is 15.8 Å². The molecular formula is C7H12N4OS. The second kappa shape index (κ2) is 3.89. The molecule has 5 nitrogen and oxygen atoms in total. The highest BCUT2D eigenvalue weighted by molar-refractivity contribution is 7.16. The summed E-state index contributed by atoms with van der Waals surface area (Å²) in [6, 6.07) is 0. The maximum absolute atomic E-state index is 5.60. The second-order valence-corrected chi connectivity index (χ2v) is 3.95. The predicted octanol–water partition coefficient (Wildman–Crippen LogP) is 0.251. The lowest BCUT2D eigenvalue weighted by molar-refractivity contribution is 0.161. The van der Waals surface area contributed by atoms with Crippen LogP contribution in [0.1, 0.15) is 12.8 Å². The zero-order valence-corrected chi connectivity index (χ0v) is 8.01. The average molecular weight is 200 g/mol. The minimum Gasteiger partial charge on any atom is -0.465 e. The molecule has 2 heterocycles. The molecule has 1 aromatic heterocycles. The van der Waals surface area contributed by atoms with E-state index in [0.717, 1.165) is 25.9 Å². The number of hydrogen-bond acceptors (Lipinski definition) is 6. The third-order valence-electron chi connectivity index (χ3n) is 1.98. The molecule has 0 radical (unpaired) electrons. The zero-order valence-electron chi connectivity index (χ0n) is 7.19. The van der Waals surface area contributed by atoms with Gasteiger partial charge in [-0.25, -0.2) is 0 Å². The maximum atomic E-state index is 5.60. The number of nitrogen functional groups attached to an aromatic ring is 1.